The molecule has 1 unspecified atom stereocenters. The second-order valence-corrected chi connectivity index (χ2v) is 5.82. The van der Waals surface area contributed by atoms with Gasteiger partial charge in [-0.15, -0.1) is 0 Å². The van der Waals surface area contributed by atoms with Crippen molar-refractivity contribution in [2.24, 2.45) is 5.10 Å². The Morgan fingerprint density at radius 2 is 2.17 bits per heavy atom. The second-order valence-electron chi connectivity index (χ2n) is 5.16. The lowest BCUT2D eigenvalue weighted by atomic mass is 10.1. The van der Waals surface area contributed by atoms with Crippen LogP contribution in [0.1, 0.15) is 18.1 Å². The van der Waals surface area contributed by atoms with Crippen molar-refractivity contribution in [1.29, 1.82) is 0 Å². The Hall–Kier alpha value is -2.66. The van der Waals surface area contributed by atoms with Crippen LogP contribution in [0.3, 0.4) is 0 Å². The third-order valence-electron chi connectivity index (χ3n) is 3.25. The van der Waals surface area contributed by atoms with Crippen LogP contribution in [-0.4, -0.2) is 16.2 Å². The molecule has 0 radical (unpaired) electrons. The molecule has 1 aromatic heterocycles. The average Bonchev–Trinajstić information content (AvgIpc) is 2.92. The van der Waals surface area contributed by atoms with Crippen LogP contribution in [-0.2, 0) is 6.54 Å². The summed E-state index contributed by atoms with van der Waals surface area (Å²) < 4.78 is 0. The van der Waals surface area contributed by atoms with Gasteiger partial charge in [0, 0.05) is 11.8 Å². The van der Waals surface area contributed by atoms with Crippen LogP contribution in [0.5, 0.6) is 0 Å². The molecule has 1 heterocycles. The number of rotatable bonds is 8. The van der Waals surface area contributed by atoms with Gasteiger partial charge in [0.25, 0.3) is 0 Å². The van der Waals surface area contributed by atoms with Crippen molar-refractivity contribution in [2.45, 2.75) is 19.0 Å². The van der Waals surface area contributed by atoms with Gasteiger partial charge in [0.2, 0.25) is 0 Å². The van der Waals surface area contributed by atoms with Gasteiger partial charge >= 0.3 is 0 Å². The highest BCUT2D eigenvalue weighted by Gasteiger charge is 2.14. The van der Waals surface area contributed by atoms with E-state index in [1.54, 1.807) is 12.3 Å². The van der Waals surface area contributed by atoms with E-state index in [4.69, 9.17) is 17.3 Å². The number of benzene rings is 1. The predicted molar refractivity (Wildman–Crippen MR) is 103 cm³/mol. The fraction of sp³-hybridized carbons (Fsp3) is 0.167. The van der Waals surface area contributed by atoms with Crippen LogP contribution in [0.15, 0.2) is 66.4 Å². The summed E-state index contributed by atoms with van der Waals surface area (Å²) in [7, 11) is 0. The van der Waals surface area contributed by atoms with Crippen LogP contribution in [0.25, 0.3) is 0 Å². The molecular formula is C18H22ClN5. The third-order valence-corrected chi connectivity index (χ3v) is 3.35. The summed E-state index contributed by atoms with van der Waals surface area (Å²) >= 11 is 6.04. The molecule has 5 nitrogen and oxygen atoms in total. The minimum atomic E-state index is -0.260. The van der Waals surface area contributed by atoms with Crippen LogP contribution in [0, 0.1) is 0 Å². The first kappa shape index (κ1) is 17.7. The van der Waals surface area contributed by atoms with Crippen molar-refractivity contribution in [3.63, 3.8) is 0 Å². The quantitative estimate of drug-likeness (QED) is 0.193. The van der Waals surface area contributed by atoms with E-state index in [9.17, 15) is 0 Å². The molecule has 0 fully saturated rings. The van der Waals surface area contributed by atoms with Gasteiger partial charge < -0.3 is 21.5 Å². The lowest BCUT2D eigenvalue weighted by Crippen LogP contribution is -2.13. The predicted octanol–water partition coefficient (Wildman–Crippen LogP) is 3.83. The molecule has 2 rings (SSSR count). The van der Waals surface area contributed by atoms with Crippen molar-refractivity contribution in [2.75, 3.05) is 11.1 Å². The highest BCUT2D eigenvalue weighted by molar-refractivity contribution is 6.22. The summed E-state index contributed by atoms with van der Waals surface area (Å²) in [6.07, 6.45) is 7.17. The van der Waals surface area contributed by atoms with Crippen molar-refractivity contribution in [3.8, 4) is 0 Å². The molecule has 0 spiro atoms. The number of nitrogens with zero attached hydrogens (tertiary/aromatic N) is 1. The molecule has 0 amide bonds. The smallest absolute Gasteiger partial charge is 0.125 e. The van der Waals surface area contributed by atoms with Gasteiger partial charge in [0.1, 0.15) is 5.82 Å². The SMILES string of the molecule is C=C/C=C\C(=N/NCc1ccccc1)c1c[nH]c(N)c1NC(C)Cl. The lowest BCUT2D eigenvalue weighted by Gasteiger charge is -2.11. The van der Waals surface area contributed by atoms with Gasteiger partial charge in [-0.2, -0.15) is 5.10 Å². The number of halogens is 1. The fourth-order valence-electron chi connectivity index (χ4n) is 2.15. The second kappa shape index (κ2) is 8.84. The average molecular weight is 344 g/mol. The molecule has 0 bridgehead atoms. The Morgan fingerprint density at radius 1 is 1.42 bits per heavy atom. The molecule has 0 aliphatic rings. The van der Waals surface area contributed by atoms with Gasteiger partial charge in [0.15, 0.2) is 0 Å². The Kier molecular flexibility index (Phi) is 6.51. The number of anilines is 2. The van der Waals surface area contributed by atoms with E-state index in [0.717, 1.165) is 22.5 Å². The molecule has 0 aliphatic carbocycles. The number of aromatic nitrogens is 1. The van der Waals surface area contributed by atoms with Gasteiger partial charge in [-0.05, 0) is 18.6 Å². The monoisotopic (exact) mass is 343 g/mol. The first-order chi connectivity index (χ1) is 11.6. The number of nitrogen functional groups attached to an aromatic ring is 1. The maximum Gasteiger partial charge on any atom is 0.125 e. The van der Waals surface area contributed by atoms with E-state index in [1.807, 2.05) is 49.4 Å². The first-order valence-corrected chi connectivity index (χ1v) is 8.07. The molecule has 0 aliphatic heterocycles. The zero-order chi connectivity index (χ0) is 17.4. The van der Waals surface area contributed by atoms with E-state index in [0.29, 0.717) is 12.4 Å². The van der Waals surface area contributed by atoms with Crippen molar-refractivity contribution < 1.29 is 0 Å². The van der Waals surface area contributed by atoms with Crippen molar-refractivity contribution in [3.05, 3.63) is 72.5 Å². The highest BCUT2D eigenvalue weighted by atomic mass is 35.5. The van der Waals surface area contributed by atoms with E-state index in [-0.39, 0.29) is 5.50 Å². The molecule has 6 heteroatoms. The van der Waals surface area contributed by atoms with Crippen LogP contribution in [0.4, 0.5) is 11.5 Å². The van der Waals surface area contributed by atoms with Gasteiger partial charge in [-0.3, -0.25) is 0 Å². The molecule has 1 aromatic carbocycles. The molecule has 5 N–H and O–H groups in total. The topological polar surface area (TPSA) is 78.2 Å². The van der Waals surface area contributed by atoms with Crippen molar-refractivity contribution >= 4 is 28.8 Å². The summed E-state index contributed by atoms with van der Waals surface area (Å²) in [6, 6.07) is 10.1. The zero-order valence-electron chi connectivity index (χ0n) is 13.6. The molecule has 24 heavy (non-hydrogen) atoms. The molecule has 0 saturated heterocycles. The minimum absolute atomic E-state index is 0.260. The number of aromatic amines is 1. The van der Waals surface area contributed by atoms with Crippen molar-refractivity contribution in [1.82, 2.24) is 10.4 Å². The number of nitrogens with one attached hydrogen (secondary N) is 3. The minimum Gasteiger partial charge on any atom is -0.384 e. The largest absolute Gasteiger partial charge is 0.384 e. The number of allylic oxidation sites excluding steroid dienone is 3. The Morgan fingerprint density at radius 3 is 2.83 bits per heavy atom. The lowest BCUT2D eigenvalue weighted by molar-refractivity contribution is 0.745. The standard InChI is InChI=1S/C18H22ClN5/c1-3-4-10-16(24-22-11-14-8-6-5-7-9-14)15-12-21-18(20)17(15)23-13(2)19/h3-10,12-13,21-23H,1,11,20H2,2H3/b10-4-,24-16+. The van der Waals surface area contributed by atoms with Crippen LogP contribution >= 0.6 is 11.6 Å². The first-order valence-electron chi connectivity index (χ1n) is 7.63. The fourth-order valence-corrected chi connectivity index (χ4v) is 2.26. The molecule has 126 valence electrons. The van der Waals surface area contributed by atoms with Crippen LogP contribution in [0.2, 0.25) is 0 Å². The number of H-pyrrole nitrogens is 1. The number of nitrogens with two attached hydrogens (primary N) is 1. The number of hydrogen-bond acceptors (Lipinski definition) is 4. The summed E-state index contributed by atoms with van der Waals surface area (Å²) in [5.41, 5.74) is 12.2. The highest BCUT2D eigenvalue weighted by Crippen LogP contribution is 2.25. The number of hydrogen-bond donors (Lipinski definition) is 4. The zero-order valence-corrected chi connectivity index (χ0v) is 14.3. The van der Waals surface area contributed by atoms with Gasteiger partial charge in [-0.1, -0.05) is 60.7 Å². The maximum absolute atomic E-state index is 6.04. The third kappa shape index (κ3) is 4.93. The number of hydrazone groups is 1. The van der Waals surface area contributed by atoms with Gasteiger partial charge in [0.05, 0.1) is 23.4 Å². The normalized spacial score (nSPS) is 13.0. The molecule has 1 atom stereocenters. The molecule has 2 aromatic rings. The van der Waals surface area contributed by atoms with E-state index in [2.05, 4.69) is 27.4 Å². The number of alkyl halides is 1. The van der Waals surface area contributed by atoms with Gasteiger partial charge in [-0.25, -0.2) is 0 Å². The van der Waals surface area contributed by atoms with E-state index in [1.165, 1.54) is 0 Å². The van der Waals surface area contributed by atoms with E-state index < -0.39 is 0 Å². The Balaban J connectivity index is 2.23. The van der Waals surface area contributed by atoms with E-state index >= 15 is 0 Å². The summed E-state index contributed by atoms with van der Waals surface area (Å²) in [6.45, 7) is 6.16. The summed E-state index contributed by atoms with van der Waals surface area (Å²) in [5.74, 6) is 0.514. The Bertz CT molecular complexity index is 716. The molecular weight excluding hydrogens is 322 g/mol. The summed E-state index contributed by atoms with van der Waals surface area (Å²) in [4.78, 5) is 3.00. The Labute approximate surface area is 147 Å². The molecule has 0 saturated carbocycles. The maximum atomic E-state index is 6.04. The summed E-state index contributed by atoms with van der Waals surface area (Å²) in [5, 5.41) is 7.61. The van der Waals surface area contributed by atoms with Crippen LogP contribution < -0.4 is 16.5 Å².